The molecule has 1 aromatic rings. The van der Waals surface area contributed by atoms with Gasteiger partial charge in [0, 0.05) is 21.6 Å². The summed E-state index contributed by atoms with van der Waals surface area (Å²) in [7, 11) is 1.92. The van der Waals surface area contributed by atoms with Gasteiger partial charge in [0.05, 0.1) is 5.69 Å². The van der Waals surface area contributed by atoms with Crippen LogP contribution in [0.2, 0.25) is 0 Å². The van der Waals surface area contributed by atoms with Gasteiger partial charge in [0.1, 0.15) is 10.2 Å². The summed E-state index contributed by atoms with van der Waals surface area (Å²) in [6.07, 6.45) is 1.05. The number of anilines is 2. The van der Waals surface area contributed by atoms with Gasteiger partial charge in [-0.3, -0.25) is 4.79 Å². The normalized spacial score (nSPS) is 11.8. The van der Waals surface area contributed by atoms with Gasteiger partial charge in [-0.1, -0.05) is 33.0 Å². The molecule has 0 atom stereocenters. The van der Waals surface area contributed by atoms with Gasteiger partial charge < -0.3 is 10.2 Å². The number of hydrogen-bond acceptors (Lipinski definition) is 4. The molecular weight excluding hydrogens is 232 g/mol. The monoisotopic (exact) mass is 256 g/mol. The van der Waals surface area contributed by atoms with Gasteiger partial charge in [-0.05, 0) is 18.8 Å². The van der Waals surface area contributed by atoms with E-state index in [1.807, 2.05) is 18.9 Å². The topological polar surface area (TPSA) is 32.3 Å². The largest absolute Gasteiger partial charge is 0.382 e. The van der Waals surface area contributed by atoms with Crippen LogP contribution in [0, 0.1) is 9.93 Å². The Morgan fingerprint density at radius 1 is 1.41 bits per heavy atom. The summed E-state index contributed by atoms with van der Waals surface area (Å²) in [6.45, 7) is 10.3. The molecule has 0 radical (unpaired) electrons. The molecule has 1 aromatic carbocycles. The summed E-state index contributed by atoms with van der Waals surface area (Å²) in [5, 5.41) is 3.30. The van der Waals surface area contributed by atoms with Gasteiger partial charge >= 0.3 is 0 Å². The molecule has 0 amide bonds. The average Bonchev–Trinajstić information content (AvgIpc) is 2.25. The second-order valence-electron chi connectivity index (χ2n) is 5.63. The highest BCUT2D eigenvalue weighted by atomic mass is 32.1. The maximum absolute atomic E-state index is 11.7. The first kappa shape index (κ1) is 14.2. The van der Waals surface area contributed by atoms with Crippen molar-refractivity contribution in [1.82, 2.24) is 0 Å². The van der Waals surface area contributed by atoms with Crippen LogP contribution in [0.15, 0.2) is 4.79 Å². The second kappa shape index (κ2) is 5.17. The van der Waals surface area contributed by atoms with Crippen LogP contribution in [0.4, 0.5) is 11.4 Å². The van der Waals surface area contributed by atoms with E-state index in [2.05, 4.69) is 26.1 Å². The van der Waals surface area contributed by atoms with E-state index in [0.717, 1.165) is 30.9 Å². The van der Waals surface area contributed by atoms with Crippen LogP contribution in [-0.4, -0.2) is 20.1 Å². The van der Waals surface area contributed by atoms with Crippen molar-refractivity contribution in [2.75, 3.05) is 30.4 Å². The van der Waals surface area contributed by atoms with Crippen molar-refractivity contribution >= 4 is 23.6 Å². The van der Waals surface area contributed by atoms with Crippen LogP contribution in [0.5, 0.6) is 0 Å². The zero-order chi connectivity index (χ0) is 13.2. The van der Waals surface area contributed by atoms with E-state index in [4.69, 9.17) is 12.2 Å². The van der Waals surface area contributed by atoms with Crippen LogP contribution in [0.3, 0.4) is 0 Å². The quantitative estimate of drug-likeness (QED) is 0.820. The summed E-state index contributed by atoms with van der Waals surface area (Å²) >= 11 is 5.08. The minimum absolute atomic E-state index is 0. The molecule has 0 spiro atoms. The fourth-order valence-corrected chi connectivity index (χ4v) is 1.89. The molecule has 17 heavy (non-hydrogen) atoms. The van der Waals surface area contributed by atoms with Gasteiger partial charge in [-0.25, -0.2) is 0 Å². The second-order valence-corrected chi connectivity index (χ2v) is 6.04. The molecule has 0 aliphatic rings. The Labute approximate surface area is 110 Å². The van der Waals surface area contributed by atoms with E-state index in [1.54, 1.807) is 0 Å². The number of rotatable bonds is 5. The predicted molar refractivity (Wildman–Crippen MR) is 79.5 cm³/mol. The fourth-order valence-electron chi connectivity index (χ4n) is 1.63. The highest BCUT2D eigenvalue weighted by Gasteiger charge is 2.20. The van der Waals surface area contributed by atoms with E-state index in [1.165, 1.54) is 0 Å². The molecule has 0 unspecified atom stereocenters. The van der Waals surface area contributed by atoms with Gasteiger partial charge in [0.2, 0.25) is 5.43 Å². The zero-order valence-corrected chi connectivity index (χ0v) is 12.2. The SMILES string of the molecule is CCN(C)c1c(NCCC(C)(C)C)c(=S)c1=O.[HH]. The highest BCUT2D eigenvalue weighted by Crippen LogP contribution is 2.27. The van der Waals surface area contributed by atoms with E-state index in [9.17, 15) is 4.79 Å². The first-order valence-electron chi connectivity index (χ1n) is 6.06. The molecule has 0 aliphatic heterocycles. The summed E-state index contributed by atoms with van der Waals surface area (Å²) in [4.78, 5) is 13.6. The molecule has 98 valence electrons. The van der Waals surface area contributed by atoms with Crippen LogP contribution in [0.25, 0.3) is 0 Å². The van der Waals surface area contributed by atoms with Crippen molar-refractivity contribution in [3.05, 3.63) is 14.7 Å². The Morgan fingerprint density at radius 3 is 2.47 bits per heavy atom. The molecule has 1 rings (SSSR count). The summed E-state index contributed by atoms with van der Waals surface area (Å²) in [5.41, 5.74) is 1.90. The standard InChI is InChI=1S/C13H22N2OS.H2/c1-6-15(5)10-9(12(17)11(10)16)14-8-7-13(2,3)4;/h14H,6-8H2,1-5H3;1H. The molecule has 4 heteroatoms. The third kappa shape index (κ3) is 3.28. The van der Waals surface area contributed by atoms with Gasteiger partial charge in [-0.2, -0.15) is 0 Å². The fraction of sp³-hybridized carbons (Fsp3) is 0.692. The average molecular weight is 256 g/mol. The lowest BCUT2D eigenvalue weighted by atomic mass is 9.92. The smallest absolute Gasteiger partial charge is 0.224 e. The molecule has 0 aromatic heterocycles. The Balaban J connectivity index is 0.00000289. The third-order valence-electron chi connectivity index (χ3n) is 2.92. The predicted octanol–water partition coefficient (Wildman–Crippen LogP) is 3.20. The van der Waals surface area contributed by atoms with Gasteiger partial charge in [0.25, 0.3) is 0 Å². The van der Waals surface area contributed by atoms with E-state index in [-0.39, 0.29) is 6.86 Å². The van der Waals surface area contributed by atoms with Crippen molar-refractivity contribution in [3.8, 4) is 0 Å². The zero-order valence-electron chi connectivity index (χ0n) is 11.4. The van der Waals surface area contributed by atoms with Crippen LogP contribution in [0.1, 0.15) is 35.5 Å². The van der Waals surface area contributed by atoms with Crippen LogP contribution in [-0.2, 0) is 0 Å². The lowest BCUT2D eigenvalue weighted by Gasteiger charge is -2.24. The van der Waals surface area contributed by atoms with E-state index < -0.39 is 0 Å². The molecule has 0 heterocycles. The maximum Gasteiger partial charge on any atom is 0.224 e. The molecule has 0 bridgehead atoms. The van der Waals surface area contributed by atoms with Gasteiger partial charge in [-0.15, -0.1) is 0 Å². The summed E-state index contributed by atoms with van der Waals surface area (Å²) < 4.78 is 0.453. The highest BCUT2D eigenvalue weighted by molar-refractivity contribution is 7.71. The minimum atomic E-state index is 0. The first-order valence-corrected chi connectivity index (χ1v) is 6.47. The van der Waals surface area contributed by atoms with Crippen molar-refractivity contribution in [2.45, 2.75) is 34.1 Å². The number of hydrogen-bond donors (Lipinski definition) is 1. The summed E-state index contributed by atoms with van der Waals surface area (Å²) in [6, 6.07) is 0. The molecule has 1 N–H and O–H groups in total. The molecule has 0 fully saturated rings. The lowest BCUT2D eigenvalue weighted by molar-refractivity contribution is 0.390. The van der Waals surface area contributed by atoms with Crippen LogP contribution < -0.4 is 15.6 Å². The number of nitrogens with zero attached hydrogens (tertiary/aromatic N) is 1. The molecule has 3 nitrogen and oxygen atoms in total. The Bertz CT molecular complexity index is 458. The molecule has 0 saturated carbocycles. The Kier molecular flexibility index (Phi) is 4.31. The third-order valence-corrected chi connectivity index (χ3v) is 3.31. The molecule has 0 aliphatic carbocycles. The van der Waals surface area contributed by atoms with E-state index in [0.29, 0.717) is 9.93 Å². The van der Waals surface area contributed by atoms with Crippen molar-refractivity contribution in [1.29, 1.82) is 0 Å². The maximum atomic E-state index is 11.7. The van der Waals surface area contributed by atoms with E-state index >= 15 is 0 Å². The van der Waals surface area contributed by atoms with Crippen molar-refractivity contribution < 1.29 is 1.43 Å². The van der Waals surface area contributed by atoms with Crippen molar-refractivity contribution in [3.63, 3.8) is 0 Å². The Morgan fingerprint density at radius 2 is 2.00 bits per heavy atom. The van der Waals surface area contributed by atoms with Gasteiger partial charge in [0.15, 0.2) is 0 Å². The van der Waals surface area contributed by atoms with Crippen LogP contribution >= 0.6 is 12.2 Å². The van der Waals surface area contributed by atoms with Crippen molar-refractivity contribution in [2.24, 2.45) is 5.41 Å². The Hall–Kier alpha value is -0.900. The summed E-state index contributed by atoms with van der Waals surface area (Å²) in [5.74, 6) is 0. The first-order chi connectivity index (χ1) is 7.78. The molecule has 0 saturated heterocycles. The lowest BCUT2D eigenvalue weighted by Crippen LogP contribution is -2.30. The molecular formula is C13H24N2OS. The number of nitrogens with one attached hydrogen (secondary N) is 1. The minimum Gasteiger partial charge on any atom is -0.382 e.